The number of amides is 1. The predicted octanol–water partition coefficient (Wildman–Crippen LogP) is 3.34. The van der Waals surface area contributed by atoms with Gasteiger partial charge in [-0.25, -0.2) is 0 Å². The third kappa shape index (κ3) is 5.89. The number of methoxy groups -OCH3 is 2. The van der Waals surface area contributed by atoms with Gasteiger partial charge in [0.15, 0.2) is 11.5 Å². The molecule has 162 valence electrons. The first-order valence-electron chi connectivity index (χ1n) is 10.4. The summed E-state index contributed by atoms with van der Waals surface area (Å²) in [5, 5.41) is 3.04. The summed E-state index contributed by atoms with van der Waals surface area (Å²) in [5.74, 6) is 2.40. The van der Waals surface area contributed by atoms with Gasteiger partial charge in [0, 0.05) is 38.2 Å². The summed E-state index contributed by atoms with van der Waals surface area (Å²) in [6, 6.07) is 12.1. The Hall–Kier alpha value is -2.73. The molecule has 2 aromatic rings. The van der Waals surface area contributed by atoms with E-state index in [1.165, 1.54) is 11.1 Å². The second-order valence-electron chi connectivity index (χ2n) is 7.81. The number of nitrogens with zero attached hydrogens (tertiary/aromatic N) is 1. The maximum atomic E-state index is 12.3. The van der Waals surface area contributed by atoms with Crippen LogP contribution >= 0.6 is 0 Å². The van der Waals surface area contributed by atoms with Gasteiger partial charge in [0.05, 0.1) is 14.2 Å². The van der Waals surface area contributed by atoms with Crippen LogP contribution in [0.25, 0.3) is 0 Å². The molecule has 1 heterocycles. The summed E-state index contributed by atoms with van der Waals surface area (Å²) in [7, 11) is 3.23. The van der Waals surface area contributed by atoms with E-state index < -0.39 is 0 Å². The summed E-state index contributed by atoms with van der Waals surface area (Å²) in [4.78, 5) is 14.6. The van der Waals surface area contributed by atoms with Gasteiger partial charge in [0.25, 0.3) is 0 Å². The van der Waals surface area contributed by atoms with Gasteiger partial charge in [-0.15, -0.1) is 0 Å². The van der Waals surface area contributed by atoms with Crippen LogP contribution < -0.4 is 19.5 Å². The maximum absolute atomic E-state index is 12.3. The van der Waals surface area contributed by atoms with Crippen LogP contribution in [0.5, 0.6) is 17.2 Å². The number of rotatable bonds is 8. The van der Waals surface area contributed by atoms with Gasteiger partial charge in [-0.05, 0) is 44.0 Å². The van der Waals surface area contributed by atoms with Crippen LogP contribution in [0.4, 0.5) is 0 Å². The van der Waals surface area contributed by atoms with Crippen molar-refractivity contribution in [3.05, 3.63) is 53.1 Å². The van der Waals surface area contributed by atoms with Gasteiger partial charge in [0.2, 0.25) is 5.91 Å². The Kier molecular flexibility index (Phi) is 7.57. The lowest BCUT2D eigenvalue weighted by Gasteiger charge is -2.22. The van der Waals surface area contributed by atoms with Gasteiger partial charge in [-0.1, -0.05) is 23.8 Å². The van der Waals surface area contributed by atoms with E-state index >= 15 is 0 Å². The summed E-state index contributed by atoms with van der Waals surface area (Å²) in [6.45, 7) is 7.28. The van der Waals surface area contributed by atoms with Crippen molar-refractivity contribution in [3.63, 3.8) is 0 Å². The van der Waals surface area contributed by atoms with Crippen molar-refractivity contribution in [1.82, 2.24) is 10.2 Å². The van der Waals surface area contributed by atoms with Crippen LogP contribution in [-0.2, 0) is 17.8 Å². The highest BCUT2D eigenvalue weighted by molar-refractivity contribution is 5.76. The van der Waals surface area contributed by atoms with Crippen LogP contribution in [0.15, 0.2) is 36.4 Å². The molecule has 1 amide bonds. The number of carbonyl (C=O) groups excluding carboxylic acids is 1. The minimum atomic E-state index is 0.0557. The van der Waals surface area contributed by atoms with E-state index in [4.69, 9.17) is 14.2 Å². The zero-order valence-corrected chi connectivity index (χ0v) is 18.4. The third-order valence-electron chi connectivity index (χ3n) is 5.29. The highest BCUT2D eigenvalue weighted by Gasteiger charge is 2.20. The molecule has 0 fully saturated rings. The second-order valence-corrected chi connectivity index (χ2v) is 7.81. The van der Waals surface area contributed by atoms with Gasteiger partial charge < -0.3 is 19.5 Å². The average Bonchev–Trinajstić information content (AvgIpc) is 2.89. The van der Waals surface area contributed by atoms with Gasteiger partial charge in [-0.3, -0.25) is 9.69 Å². The highest BCUT2D eigenvalue weighted by Crippen LogP contribution is 2.28. The van der Waals surface area contributed by atoms with E-state index in [1.807, 2.05) is 18.2 Å². The molecule has 6 nitrogen and oxygen atoms in total. The average molecular weight is 413 g/mol. The molecule has 0 radical (unpaired) electrons. The minimum absolute atomic E-state index is 0.0557. The monoisotopic (exact) mass is 412 g/mol. The first-order chi connectivity index (χ1) is 14.5. The standard InChI is InChI=1S/C24H32N2O4/c1-17-5-8-21-20(13-17)16-26(15-18(2)30-21)12-11-25-24(27)10-7-19-6-9-22(28-3)23(14-19)29-4/h5-6,8-9,13-14,18H,7,10-12,15-16H2,1-4H3,(H,25,27)/t18-/m1/s1. The van der Waals surface area contributed by atoms with E-state index in [0.29, 0.717) is 30.9 Å². The van der Waals surface area contributed by atoms with Crippen LogP contribution in [-0.4, -0.2) is 50.8 Å². The summed E-state index contributed by atoms with van der Waals surface area (Å²) < 4.78 is 16.6. The molecular formula is C24H32N2O4. The van der Waals surface area contributed by atoms with E-state index in [1.54, 1.807) is 14.2 Å². The zero-order chi connectivity index (χ0) is 21.5. The normalized spacial score (nSPS) is 16.2. The molecule has 0 saturated heterocycles. The topological polar surface area (TPSA) is 60.0 Å². The van der Waals surface area contributed by atoms with Gasteiger partial charge in [-0.2, -0.15) is 0 Å². The van der Waals surface area contributed by atoms with E-state index in [0.717, 1.165) is 30.9 Å². The van der Waals surface area contributed by atoms with Gasteiger partial charge >= 0.3 is 0 Å². The fraction of sp³-hybridized carbons (Fsp3) is 0.458. The third-order valence-corrected chi connectivity index (χ3v) is 5.29. The Morgan fingerprint density at radius 3 is 2.73 bits per heavy atom. The first kappa shape index (κ1) is 22.0. The van der Waals surface area contributed by atoms with E-state index in [2.05, 4.69) is 42.3 Å². The minimum Gasteiger partial charge on any atom is -0.493 e. The van der Waals surface area contributed by atoms with Crippen molar-refractivity contribution in [2.24, 2.45) is 0 Å². The predicted molar refractivity (Wildman–Crippen MR) is 117 cm³/mol. The molecule has 0 bridgehead atoms. The Labute approximate surface area is 179 Å². The van der Waals surface area contributed by atoms with Crippen LogP contribution in [0.3, 0.4) is 0 Å². The molecule has 3 rings (SSSR count). The van der Waals surface area contributed by atoms with Crippen molar-refractivity contribution >= 4 is 5.91 Å². The summed E-state index contributed by atoms with van der Waals surface area (Å²) >= 11 is 0. The summed E-state index contributed by atoms with van der Waals surface area (Å²) in [5.41, 5.74) is 3.49. The summed E-state index contributed by atoms with van der Waals surface area (Å²) in [6.07, 6.45) is 1.22. The smallest absolute Gasteiger partial charge is 0.220 e. The molecule has 1 N–H and O–H groups in total. The second kappa shape index (κ2) is 10.3. The number of hydrogen-bond donors (Lipinski definition) is 1. The zero-order valence-electron chi connectivity index (χ0n) is 18.4. The Morgan fingerprint density at radius 1 is 1.17 bits per heavy atom. The SMILES string of the molecule is COc1ccc(CCC(=O)NCCN2Cc3cc(C)ccc3O[C@H](C)C2)cc1OC. The maximum Gasteiger partial charge on any atom is 0.220 e. The highest BCUT2D eigenvalue weighted by atomic mass is 16.5. The Bertz CT molecular complexity index is 868. The molecule has 2 aromatic carbocycles. The van der Waals surface area contributed by atoms with Crippen molar-refractivity contribution in [3.8, 4) is 17.2 Å². The lowest BCUT2D eigenvalue weighted by molar-refractivity contribution is -0.121. The van der Waals surface area contributed by atoms with Crippen molar-refractivity contribution < 1.29 is 19.0 Å². The van der Waals surface area contributed by atoms with Crippen LogP contribution in [0.1, 0.15) is 30.0 Å². The number of carbonyl (C=O) groups is 1. The molecule has 1 aliphatic rings. The molecule has 0 aliphatic carbocycles. The lowest BCUT2D eigenvalue weighted by Crippen LogP contribution is -2.37. The fourth-order valence-corrected chi connectivity index (χ4v) is 3.78. The number of hydrogen-bond acceptors (Lipinski definition) is 5. The van der Waals surface area contributed by atoms with Crippen LogP contribution in [0.2, 0.25) is 0 Å². The first-order valence-corrected chi connectivity index (χ1v) is 10.4. The molecule has 1 aliphatic heterocycles. The molecule has 0 unspecified atom stereocenters. The number of fused-ring (bicyclic) bond motifs is 1. The van der Waals surface area contributed by atoms with Crippen molar-refractivity contribution in [2.45, 2.75) is 39.3 Å². The van der Waals surface area contributed by atoms with Crippen molar-refractivity contribution in [2.75, 3.05) is 33.9 Å². The van der Waals surface area contributed by atoms with Crippen LogP contribution in [0, 0.1) is 6.92 Å². The quantitative estimate of drug-likeness (QED) is 0.721. The van der Waals surface area contributed by atoms with Gasteiger partial charge in [0.1, 0.15) is 11.9 Å². The molecule has 6 heteroatoms. The number of aryl methyl sites for hydroxylation is 2. The largest absolute Gasteiger partial charge is 0.493 e. The molecular weight excluding hydrogens is 380 g/mol. The number of nitrogens with one attached hydrogen (secondary N) is 1. The molecule has 0 spiro atoms. The number of ether oxygens (including phenoxy) is 3. The fourth-order valence-electron chi connectivity index (χ4n) is 3.78. The molecule has 1 atom stereocenters. The van der Waals surface area contributed by atoms with E-state index in [-0.39, 0.29) is 12.0 Å². The Morgan fingerprint density at radius 2 is 1.97 bits per heavy atom. The molecule has 30 heavy (non-hydrogen) atoms. The molecule has 0 aromatic heterocycles. The Balaban J connectivity index is 1.46. The molecule has 0 saturated carbocycles. The number of benzene rings is 2. The van der Waals surface area contributed by atoms with E-state index in [9.17, 15) is 4.79 Å². The van der Waals surface area contributed by atoms with Crippen molar-refractivity contribution in [1.29, 1.82) is 0 Å². The lowest BCUT2D eigenvalue weighted by atomic mass is 10.1.